The van der Waals surface area contributed by atoms with Crippen molar-refractivity contribution in [3.8, 4) is 0 Å². The number of hydrogen-bond donors (Lipinski definition) is 0. The van der Waals surface area contributed by atoms with Crippen molar-refractivity contribution >= 4 is 35.7 Å². The van der Waals surface area contributed by atoms with Gasteiger partial charge in [-0.3, -0.25) is 4.99 Å². The Morgan fingerprint density at radius 3 is 1.70 bits per heavy atom. The average Bonchev–Trinajstić information content (AvgIpc) is 2.33. The van der Waals surface area contributed by atoms with Gasteiger partial charge in [-0.15, -0.1) is 0 Å². The van der Waals surface area contributed by atoms with E-state index in [9.17, 15) is 9.59 Å². The first-order valence-electron chi connectivity index (χ1n) is 6.87. The fraction of sp³-hybridized carbons (Fsp3) is 0.600. The molecule has 7 nitrogen and oxygen atoms in total. The van der Waals surface area contributed by atoms with Crippen molar-refractivity contribution in [3.63, 3.8) is 0 Å². The van der Waals surface area contributed by atoms with Gasteiger partial charge in [-0.1, -0.05) is 11.6 Å². The number of carbonyl (C=O) groups excluding carboxylic acids is 2. The van der Waals surface area contributed by atoms with Crippen molar-refractivity contribution in [2.24, 2.45) is 9.98 Å². The van der Waals surface area contributed by atoms with E-state index in [4.69, 9.17) is 21.1 Å². The Hall–Kier alpha value is -1.89. The van der Waals surface area contributed by atoms with Crippen LogP contribution >= 0.6 is 11.6 Å². The smallest absolute Gasteiger partial charge is 0.425 e. The zero-order chi connectivity index (χ0) is 18.4. The second-order valence-electron chi connectivity index (χ2n) is 6.50. The maximum atomic E-state index is 12.3. The van der Waals surface area contributed by atoms with Crippen LogP contribution in [-0.4, -0.2) is 47.2 Å². The Balaban J connectivity index is 5.79. The lowest BCUT2D eigenvalue weighted by molar-refractivity contribution is 0.00818. The predicted molar refractivity (Wildman–Crippen MR) is 91.2 cm³/mol. The van der Waals surface area contributed by atoms with E-state index in [1.165, 1.54) is 13.1 Å². The van der Waals surface area contributed by atoms with Crippen LogP contribution in [0.4, 0.5) is 9.59 Å². The SMILES string of the molecule is C=N/C(=C\C(Cl)=N/C)N(C(=O)OC(C)(C)C)C(=O)OC(C)(C)C. The number of halogens is 1. The van der Waals surface area contributed by atoms with Gasteiger partial charge in [0, 0.05) is 13.1 Å². The molecule has 0 heterocycles. The summed E-state index contributed by atoms with van der Waals surface area (Å²) in [7, 11) is 1.45. The number of ether oxygens (including phenoxy) is 2. The van der Waals surface area contributed by atoms with E-state index >= 15 is 0 Å². The Kier molecular flexibility index (Phi) is 7.43. The molecule has 0 atom stereocenters. The van der Waals surface area contributed by atoms with Crippen LogP contribution in [0.25, 0.3) is 0 Å². The lowest BCUT2D eigenvalue weighted by Crippen LogP contribution is -2.42. The topological polar surface area (TPSA) is 80.6 Å². The maximum Gasteiger partial charge on any atom is 0.425 e. The van der Waals surface area contributed by atoms with Gasteiger partial charge in [-0.2, -0.15) is 4.90 Å². The molecule has 0 N–H and O–H groups in total. The molecule has 0 saturated heterocycles. The minimum Gasteiger partial charge on any atom is -0.443 e. The second-order valence-corrected chi connectivity index (χ2v) is 6.89. The fourth-order valence-electron chi connectivity index (χ4n) is 1.23. The van der Waals surface area contributed by atoms with E-state index in [2.05, 4.69) is 16.7 Å². The first-order valence-corrected chi connectivity index (χ1v) is 7.25. The summed E-state index contributed by atoms with van der Waals surface area (Å²) in [6.45, 7) is 13.4. The maximum absolute atomic E-state index is 12.3. The van der Waals surface area contributed by atoms with Crippen molar-refractivity contribution in [3.05, 3.63) is 11.9 Å². The van der Waals surface area contributed by atoms with E-state index in [0.29, 0.717) is 4.90 Å². The zero-order valence-electron chi connectivity index (χ0n) is 14.6. The van der Waals surface area contributed by atoms with Crippen LogP contribution in [-0.2, 0) is 9.47 Å². The molecule has 8 heteroatoms. The van der Waals surface area contributed by atoms with Gasteiger partial charge >= 0.3 is 12.2 Å². The lowest BCUT2D eigenvalue weighted by Gasteiger charge is -2.28. The van der Waals surface area contributed by atoms with Gasteiger partial charge in [0.25, 0.3) is 0 Å². The molecule has 0 aromatic heterocycles. The third-order valence-electron chi connectivity index (χ3n) is 2.01. The van der Waals surface area contributed by atoms with Gasteiger partial charge in [-0.05, 0) is 48.3 Å². The lowest BCUT2D eigenvalue weighted by atomic mass is 10.2. The first kappa shape index (κ1) is 21.1. The monoisotopic (exact) mass is 345 g/mol. The van der Waals surface area contributed by atoms with Gasteiger partial charge in [-0.25, -0.2) is 14.6 Å². The number of nitrogens with zero attached hydrogens (tertiary/aromatic N) is 3. The highest BCUT2D eigenvalue weighted by Crippen LogP contribution is 2.19. The van der Waals surface area contributed by atoms with Crippen molar-refractivity contribution < 1.29 is 19.1 Å². The minimum atomic E-state index is -0.953. The van der Waals surface area contributed by atoms with Gasteiger partial charge < -0.3 is 9.47 Å². The van der Waals surface area contributed by atoms with Crippen LogP contribution in [0.15, 0.2) is 21.9 Å². The summed E-state index contributed by atoms with van der Waals surface area (Å²) >= 11 is 5.81. The standard InChI is InChI=1S/C15H24ClN3O4/c1-14(2,3)22-12(20)19(13(21)23-15(4,5)6)11(18-8)9-10(16)17-7/h9H,8H2,1-7H3/b11-9+,17-10+. The van der Waals surface area contributed by atoms with Crippen molar-refractivity contribution in [2.75, 3.05) is 7.05 Å². The highest BCUT2D eigenvalue weighted by atomic mass is 35.5. The summed E-state index contributed by atoms with van der Waals surface area (Å²) in [6, 6.07) is 0. The molecule has 0 aliphatic rings. The first-order chi connectivity index (χ1) is 10.3. The fourth-order valence-corrected chi connectivity index (χ4v) is 1.33. The Morgan fingerprint density at radius 1 is 1.04 bits per heavy atom. The molecule has 0 fully saturated rings. The van der Waals surface area contributed by atoms with E-state index < -0.39 is 23.4 Å². The van der Waals surface area contributed by atoms with Crippen LogP contribution in [0, 0.1) is 0 Å². The van der Waals surface area contributed by atoms with E-state index in [1.54, 1.807) is 41.5 Å². The molecule has 0 rings (SSSR count). The molecule has 130 valence electrons. The summed E-state index contributed by atoms with van der Waals surface area (Å²) in [4.78, 5) is 32.7. The number of imide groups is 1. The molecule has 23 heavy (non-hydrogen) atoms. The summed E-state index contributed by atoms with van der Waals surface area (Å²) in [5.74, 6) is -0.149. The third kappa shape index (κ3) is 8.35. The highest BCUT2D eigenvalue weighted by Gasteiger charge is 2.34. The summed E-state index contributed by atoms with van der Waals surface area (Å²) in [5, 5.41) is 0.0320. The van der Waals surface area contributed by atoms with Crippen molar-refractivity contribution in [1.29, 1.82) is 0 Å². The average molecular weight is 346 g/mol. The Bertz CT molecular complexity index is 500. The molecule has 0 bridgehead atoms. The molecule has 0 spiro atoms. The summed E-state index contributed by atoms with van der Waals surface area (Å²) in [6.07, 6.45) is -0.695. The molecule has 0 aliphatic carbocycles. The van der Waals surface area contributed by atoms with E-state index in [-0.39, 0.29) is 11.0 Å². The minimum absolute atomic E-state index is 0.0320. The number of hydrogen-bond acceptors (Lipinski definition) is 6. The van der Waals surface area contributed by atoms with Gasteiger partial charge in [0.05, 0.1) is 0 Å². The summed E-state index contributed by atoms with van der Waals surface area (Å²) in [5.41, 5.74) is -1.63. The van der Waals surface area contributed by atoms with Crippen molar-refractivity contribution in [1.82, 2.24) is 4.90 Å². The molecule has 0 unspecified atom stereocenters. The molecule has 0 saturated carbocycles. The quantitative estimate of drug-likeness (QED) is 0.725. The van der Waals surface area contributed by atoms with Crippen LogP contribution < -0.4 is 0 Å². The second kappa shape index (κ2) is 8.10. The number of carbonyl (C=O) groups is 2. The van der Waals surface area contributed by atoms with Crippen LogP contribution in [0.3, 0.4) is 0 Å². The highest BCUT2D eigenvalue weighted by molar-refractivity contribution is 6.68. The molecule has 2 amide bonds. The normalized spacial score (nSPS) is 13.4. The van der Waals surface area contributed by atoms with Gasteiger partial charge in [0.1, 0.15) is 16.4 Å². The van der Waals surface area contributed by atoms with E-state index in [1.807, 2.05) is 0 Å². The molecule has 0 aromatic rings. The van der Waals surface area contributed by atoms with Crippen molar-refractivity contribution in [2.45, 2.75) is 52.7 Å². The molecule has 0 aromatic carbocycles. The van der Waals surface area contributed by atoms with Crippen LogP contribution in [0.2, 0.25) is 0 Å². The van der Waals surface area contributed by atoms with Crippen LogP contribution in [0.5, 0.6) is 0 Å². The molecule has 0 aliphatic heterocycles. The molecule has 0 radical (unpaired) electrons. The largest absolute Gasteiger partial charge is 0.443 e. The number of allylic oxidation sites excluding steroid dienone is 1. The third-order valence-corrected chi connectivity index (χ3v) is 2.28. The number of aliphatic imine (C=N–C) groups is 2. The Labute approximate surface area is 142 Å². The number of rotatable bonds is 3. The van der Waals surface area contributed by atoms with Gasteiger partial charge in [0.2, 0.25) is 0 Å². The van der Waals surface area contributed by atoms with E-state index in [0.717, 1.165) is 0 Å². The van der Waals surface area contributed by atoms with Crippen LogP contribution in [0.1, 0.15) is 41.5 Å². The molecular weight excluding hydrogens is 322 g/mol. The predicted octanol–water partition coefficient (Wildman–Crippen LogP) is 3.97. The Morgan fingerprint density at radius 2 is 1.43 bits per heavy atom. The number of amides is 2. The zero-order valence-corrected chi connectivity index (χ0v) is 15.4. The van der Waals surface area contributed by atoms with Gasteiger partial charge in [0.15, 0.2) is 5.82 Å². The molecular formula is C15H24ClN3O4. The summed E-state index contributed by atoms with van der Waals surface area (Å²) < 4.78 is 10.4.